The van der Waals surface area contributed by atoms with E-state index >= 15 is 0 Å². The number of aryl methyl sites for hydroxylation is 1. The number of ether oxygens (including phenoxy) is 1. The molecular formula is C15H20N2O3. The van der Waals surface area contributed by atoms with Crippen molar-refractivity contribution >= 4 is 17.6 Å². The van der Waals surface area contributed by atoms with Gasteiger partial charge in [0.05, 0.1) is 5.56 Å². The van der Waals surface area contributed by atoms with Crippen molar-refractivity contribution in [3.63, 3.8) is 0 Å². The van der Waals surface area contributed by atoms with Gasteiger partial charge in [-0.15, -0.1) is 6.58 Å². The zero-order valence-corrected chi connectivity index (χ0v) is 11.8. The number of carbonyl (C=O) groups excluding carboxylic acids is 2. The van der Waals surface area contributed by atoms with E-state index in [4.69, 9.17) is 10.5 Å². The van der Waals surface area contributed by atoms with E-state index in [0.717, 1.165) is 12.0 Å². The number of hydrogen-bond donors (Lipinski definition) is 2. The third-order valence-electron chi connectivity index (χ3n) is 2.84. The van der Waals surface area contributed by atoms with E-state index in [-0.39, 0.29) is 5.91 Å². The Bertz CT molecular complexity index is 512. The Kier molecular flexibility index (Phi) is 5.77. The van der Waals surface area contributed by atoms with Crippen LogP contribution >= 0.6 is 0 Å². The van der Waals surface area contributed by atoms with Gasteiger partial charge in [0, 0.05) is 12.2 Å². The maximum absolute atomic E-state index is 11.9. The van der Waals surface area contributed by atoms with E-state index in [2.05, 4.69) is 11.9 Å². The van der Waals surface area contributed by atoms with Gasteiger partial charge in [-0.05, 0) is 31.0 Å². The summed E-state index contributed by atoms with van der Waals surface area (Å²) >= 11 is 0. The molecule has 1 amide bonds. The number of esters is 1. The first-order chi connectivity index (χ1) is 9.49. The number of anilines is 1. The monoisotopic (exact) mass is 276 g/mol. The summed E-state index contributed by atoms with van der Waals surface area (Å²) in [5, 5.41) is 2.56. The molecule has 0 fully saturated rings. The Balaban J connectivity index is 2.68. The van der Waals surface area contributed by atoms with E-state index in [9.17, 15) is 9.59 Å². The number of nitrogen functional groups attached to an aromatic ring is 1. The highest BCUT2D eigenvalue weighted by atomic mass is 16.5. The highest BCUT2D eigenvalue weighted by Crippen LogP contribution is 2.16. The molecule has 5 heteroatoms. The van der Waals surface area contributed by atoms with E-state index in [1.54, 1.807) is 24.3 Å². The number of nitrogens with one attached hydrogen (secondary N) is 1. The lowest BCUT2D eigenvalue weighted by Crippen LogP contribution is -2.35. The third kappa shape index (κ3) is 4.12. The molecule has 0 aliphatic rings. The number of amides is 1. The molecule has 0 spiro atoms. The lowest BCUT2D eigenvalue weighted by molar-refractivity contribution is -0.128. The summed E-state index contributed by atoms with van der Waals surface area (Å²) in [5.41, 5.74) is 7.68. The summed E-state index contributed by atoms with van der Waals surface area (Å²) in [6.45, 7) is 7.32. The van der Waals surface area contributed by atoms with E-state index in [1.807, 2.05) is 6.92 Å². The highest BCUT2D eigenvalue weighted by Gasteiger charge is 2.18. The van der Waals surface area contributed by atoms with Crippen molar-refractivity contribution in [2.45, 2.75) is 26.4 Å². The van der Waals surface area contributed by atoms with Gasteiger partial charge in [0.1, 0.15) is 0 Å². The fourth-order valence-electron chi connectivity index (χ4n) is 1.64. The average Bonchev–Trinajstić information content (AvgIpc) is 2.44. The lowest BCUT2D eigenvalue weighted by Gasteiger charge is -2.13. The zero-order valence-electron chi connectivity index (χ0n) is 11.8. The number of rotatable bonds is 6. The van der Waals surface area contributed by atoms with E-state index < -0.39 is 12.1 Å². The van der Waals surface area contributed by atoms with Crippen molar-refractivity contribution in [1.29, 1.82) is 0 Å². The molecular weight excluding hydrogens is 256 g/mol. The standard InChI is InChI=1S/C15H20N2O3/c1-4-8-17-14(18)10(3)20-15(19)12-7-6-11(5-2)13(16)9-12/h4,6-7,9-10H,1,5,8,16H2,2-3H3,(H,17,18)/t10-/m1/s1. The topological polar surface area (TPSA) is 81.4 Å². The normalized spacial score (nSPS) is 11.5. The first-order valence-corrected chi connectivity index (χ1v) is 6.47. The van der Waals surface area contributed by atoms with Gasteiger partial charge in [0.2, 0.25) is 0 Å². The van der Waals surface area contributed by atoms with Gasteiger partial charge < -0.3 is 15.8 Å². The summed E-state index contributed by atoms with van der Waals surface area (Å²) in [6, 6.07) is 5.00. The molecule has 0 bridgehead atoms. The van der Waals surface area contributed by atoms with Gasteiger partial charge in [-0.25, -0.2) is 4.79 Å². The van der Waals surface area contributed by atoms with Crippen LogP contribution in [0, 0.1) is 0 Å². The summed E-state index contributed by atoms with van der Waals surface area (Å²) in [6.07, 6.45) is 1.48. The molecule has 0 saturated heterocycles. The Morgan fingerprint density at radius 3 is 2.75 bits per heavy atom. The molecule has 0 aliphatic carbocycles. The summed E-state index contributed by atoms with van der Waals surface area (Å²) in [7, 11) is 0. The molecule has 3 N–H and O–H groups in total. The minimum Gasteiger partial charge on any atom is -0.449 e. The molecule has 0 unspecified atom stereocenters. The van der Waals surface area contributed by atoms with Crippen LogP contribution in [0.1, 0.15) is 29.8 Å². The van der Waals surface area contributed by atoms with Crippen molar-refractivity contribution in [2.24, 2.45) is 0 Å². The van der Waals surface area contributed by atoms with Crippen LogP contribution in [-0.4, -0.2) is 24.5 Å². The largest absolute Gasteiger partial charge is 0.449 e. The van der Waals surface area contributed by atoms with Crippen LogP contribution < -0.4 is 11.1 Å². The van der Waals surface area contributed by atoms with Gasteiger partial charge in [0.25, 0.3) is 5.91 Å². The minimum atomic E-state index is -0.866. The minimum absolute atomic E-state index is 0.332. The van der Waals surface area contributed by atoms with Crippen LogP contribution in [0.3, 0.4) is 0 Å². The van der Waals surface area contributed by atoms with E-state index in [0.29, 0.717) is 17.8 Å². The molecule has 1 rings (SSSR count). The van der Waals surface area contributed by atoms with Crippen LogP contribution in [-0.2, 0) is 16.0 Å². The fourth-order valence-corrected chi connectivity index (χ4v) is 1.64. The quantitative estimate of drug-likeness (QED) is 0.470. The molecule has 108 valence electrons. The van der Waals surface area contributed by atoms with Gasteiger partial charge >= 0.3 is 5.97 Å². The first-order valence-electron chi connectivity index (χ1n) is 6.47. The number of nitrogens with two attached hydrogens (primary N) is 1. The average molecular weight is 276 g/mol. The molecule has 1 atom stereocenters. The third-order valence-corrected chi connectivity index (χ3v) is 2.84. The van der Waals surface area contributed by atoms with Gasteiger partial charge in [-0.1, -0.05) is 19.1 Å². The summed E-state index contributed by atoms with van der Waals surface area (Å²) < 4.78 is 5.08. The van der Waals surface area contributed by atoms with Crippen molar-refractivity contribution in [1.82, 2.24) is 5.32 Å². The molecule has 0 heterocycles. The Morgan fingerprint density at radius 2 is 2.20 bits per heavy atom. The molecule has 0 aromatic heterocycles. The molecule has 20 heavy (non-hydrogen) atoms. The van der Waals surface area contributed by atoms with Crippen molar-refractivity contribution < 1.29 is 14.3 Å². The van der Waals surface area contributed by atoms with Crippen LogP contribution in [0.5, 0.6) is 0 Å². The molecule has 1 aromatic rings. The Labute approximate surface area is 118 Å². The predicted octanol–water partition coefficient (Wildman–Crippen LogP) is 1.68. The van der Waals surface area contributed by atoms with Gasteiger partial charge in [0.15, 0.2) is 6.10 Å². The number of carbonyl (C=O) groups is 2. The van der Waals surface area contributed by atoms with Crippen LogP contribution in [0.25, 0.3) is 0 Å². The van der Waals surface area contributed by atoms with Crippen LogP contribution in [0.2, 0.25) is 0 Å². The first kappa shape index (κ1) is 15.8. The Morgan fingerprint density at radius 1 is 1.50 bits per heavy atom. The Hall–Kier alpha value is -2.30. The smallest absolute Gasteiger partial charge is 0.338 e. The van der Waals surface area contributed by atoms with Gasteiger partial charge in [-0.2, -0.15) is 0 Å². The number of hydrogen-bond acceptors (Lipinski definition) is 4. The van der Waals surface area contributed by atoms with Crippen LogP contribution in [0.4, 0.5) is 5.69 Å². The van der Waals surface area contributed by atoms with E-state index in [1.165, 1.54) is 6.92 Å². The SMILES string of the molecule is C=CCNC(=O)[C@@H](C)OC(=O)c1ccc(CC)c(N)c1. The van der Waals surface area contributed by atoms with Crippen molar-refractivity contribution in [3.05, 3.63) is 42.0 Å². The predicted molar refractivity (Wildman–Crippen MR) is 78.3 cm³/mol. The molecule has 0 saturated carbocycles. The molecule has 5 nitrogen and oxygen atoms in total. The lowest BCUT2D eigenvalue weighted by atomic mass is 10.1. The second-order valence-corrected chi connectivity index (χ2v) is 4.35. The molecule has 1 aromatic carbocycles. The fraction of sp³-hybridized carbons (Fsp3) is 0.333. The molecule has 0 radical (unpaired) electrons. The summed E-state index contributed by atoms with van der Waals surface area (Å²) in [5.74, 6) is -0.933. The maximum Gasteiger partial charge on any atom is 0.338 e. The second kappa shape index (κ2) is 7.33. The maximum atomic E-state index is 11.9. The zero-order chi connectivity index (χ0) is 15.1. The van der Waals surface area contributed by atoms with Gasteiger partial charge in [-0.3, -0.25) is 4.79 Å². The highest BCUT2D eigenvalue weighted by molar-refractivity contribution is 5.93. The van der Waals surface area contributed by atoms with Crippen molar-refractivity contribution in [3.8, 4) is 0 Å². The molecule has 0 aliphatic heterocycles. The van der Waals surface area contributed by atoms with Crippen molar-refractivity contribution in [2.75, 3.05) is 12.3 Å². The van der Waals surface area contributed by atoms with Crippen LogP contribution in [0.15, 0.2) is 30.9 Å². The second-order valence-electron chi connectivity index (χ2n) is 4.35. The summed E-state index contributed by atoms with van der Waals surface area (Å²) in [4.78, 5) is 23.5. The number of benzene rings is 1.